The third-order valence-electron chi connectivity index (χ3n) is 4.62. The minimum atomic E-state index is 0.0566. The van der Waals surface area contributed by atoms with Crippen LogP contribution in [0.5, 0.6) is 11.5 Å². The fourth-order valence-electron chi connectivity index (χ4n) is 3.48. The number of ether oxygens (including phenoxy) is 3. The summed E-state index contributed by atoms with van der Waals surface area (Å²) in [6, 6.07) is 5.55. The number of hydrogen-bond acceptors (Lipinski definition) is 4. The van der Waals surface area contributed by atoms with E-state index in [-0.39, 0.29) is 18.1 Å². The molecule has 0 unspecified atom stereocenters. The van der Waals surface area contributed by atoms with E-state index in [1.54, 1.807) is 32.4 Å². The van der Waals surface area contributed by atoms with Crippen molar-refractivity contribution in [2.24, 2.45) is 0 Å². The lowest BCUT2D eigenvalue weighted by Crippen LogP contribution is -2.54. The average Bonchev–Trinajstić information content (AvgIpc) is 2.60. The second-order valence-corrected chi connectivity index (χ2v) is 5.83. The quantitative estimate of drug-likeness (QED) is 0.861. The predicted octanol–water partition coefficient (Wildman–Crippen LogP) is 2.49. The number of morpholine rings is 1. The second-order valence-electron chi connectivity index (χ2n) is 5.83. The number of benzene rings is 1. The highest BCUT2D eigenvalue weighted by Crippen LogP contribution is 2.32. The van der Waals surface area contributed by atoms with Gasteiger partial charge in [-0.15, -0.1) is 0 Å². The van der Waals surface area contributed by atoms with E-state index in [0.717, 1.165) is 12.8 Å². The summed E-state index contributed by atoms with van der Waals surface area (Å²) in [4.78, 5) is 14.9. The lowest BCUT2D eigenvalue weighted by Gasteiger charge is -2.43. The van der Waals surface area contributed by atoms with Crippen molar-refractivity contribution in [3.8, 4) is 11.5 Å². The largest absolute Gasteiger partial charge is 0.493 e. The van der Waals surface area contributed by atoms with Gasteiger partial charge in [-0.25, -0.2) is 0 Å². The van der Waals surface area contributed by atoms with Gasteiger partial charge in [0.1, 0.15) is 0 Å². The summed E-state index contributed by atoms with van der Waals surface area (Å²) in [5.74, 6) is 1.28. The third kappa shape index (κ3) is 2.77. The van der Waals surface area contributed by atoms with E-state index in [2.05, 4.69) is 0 Å². The van der Waals surface area contributed by atoms with Crippen LogP contribution in [0.3, 0.4) is 0 Å². The zero-order valence-corrected chi connectivity index (χ0v) is 13.2. The Morgan fingerprint density at radius 1 is 1.18 bits per heavy atom. The molecule has 1 heterocycles. The molecule has 120 valence electrons. The van der Waals surface area contributed by atoms with Crippen molar-refractivity contribution >= 4 is 5.91 Å². The van der Waals surface area contributed by atoms with Gasteiger partial charge in [-0.2, -0.15) is 0 Å². The van der Waals surface area contributed by atoms with Gasteiger partial charge in [-0.1, -0.05) is 12.8 Å². The molecule has 1 amide bonds. The molecule has 0 bridgehead atoms. The minimum Gasteiger partial charge on any atom is -0.493 e. The molecule has 1 saturated heterocycles. The van der Waals surface area contributed by atoms with Gasteiger partial charge in [0, 0.05) is 12.1 Å². The highest BCUT2D eigenvalue weighted by Gasteiger charge is 2.37. The summed E-state index contributed by atoms with van der Waals surface area (Å²) in [5, 5.41) is 0. The van der Waals surface area contributed by atoms with E-state index in [4.69, 9.17) is 14.2 Å². The van der Waals surface area contributed by atoms with Crippen LogP contribution in [0, 0.1) is 0 Å². The van der Waals surface area contributed by atoms with Gasteiger partial charge in [0.25, 0.3) is 5.91 Å². The molecule has 1 saturated carbocycles. The molecule has 2 aliphatic rings. The molecule has 3 rings (SSSR count). The number of carbonyl (C=O) groups excluding carboxylic acids is 1. The van der Waals surface area contributed by atoms with Crippen LogP contribution >= 0.6 is 0 Å². The Kier molecular flexibility index (Phi) is 4.52. The van der Waals surface area contributed by atoms with Crippen LogP contribution in [0.15, 0.2) is 18.2 Å². The first-order valence-electron chi connectivity index (χ1n) is 7.89. The summed E-state index contributed by atoms with van der Waals surface area (Å²) in [6.45, 7) is 1.29. The molecule has 2 atom stereocenters. The fraction of sp³-hybridized carbons (Fsp3) is 0.588. The van der Waals surface area contributed by atoms with Crippen molar-refractivity contribution in [2.75, 3.05) is 27.4 Å². The Morgan fingerprint density at radius 2 is 1.95 bits per heavy atom. The molecule has 1 aromatic rings. The van der Waals surface area contributed by atoms with Gasteiger partial charge < -0.3 is 19.1 Å². The highest BCUT2D eigenvalue weighted by atomic mass is 16.5. The first kappa shape index (κ1) is 15.2. The van der Waals surface area contributed by atoms with Crippen LogP contribution in [0.2, 0.25) is 0 Å². The summed E-state index contributed by atoms with van der Waals surface area (Å²) in [7, 11) is 3.17. The predicted molar refractivity (Wildman–Crippen MR) is 82.6 cm³/mol. The van der Waals surface area contributed by atoms with Crippen molar-refractivity contribution in [3.05, 3.63) is 23.8 Å². The van der Waals surface area contributed by atoms with Crippen LogP contribution in [0.1, 0.15) is 36.0 Å². The topological polar surface area (TPSA) is 48.0 Å². The molecule has 5 nitrogen and oxygen atoms in total. The molecule has 0 spiro atoms. The van der Waals surface area contributed by atoms with Crippen LogP contribution in [-0.2, 0) is 4.74 Å². The summed E-state index contributed by atoms with van der Waals surface area (Å²) in [6.07, 6.45) is 4.65. The molecule has 0 N–H and O–H groups in total. The Labute approximate surface area is 131 Å². The number of fused-ring (bicyclic) bond motifs is 1. The second kappa shape index (κ2) is 6.57. The zero-order valence-electron chi connectivity index (χ0n) is 13.2. The first-order chi connectivity index (χ1) is 10.7. The smallest absolute Gasteiger partial charge is 0.254 e. The van der Waals surface area contributed by atoms with E-state index in [1.165, 1.54) is 12.8 Å². The maximum atomic E-state index is 12.9. The van der Waals surface area contributed by atoms with Crippen molar-refractivity contribution in [2.45, 2.75) is 37.8 Å². The number of methoxy groups -OCH3 is 2. The van der Waals surface area contributed by atoms with Crippen molar-refractivity contribution in [1.29, 1.82) is 0 Å². The van der Waals surface area contributed by atoms with Gasteiger partial charge in [-0.3, -0.25) is 4.79 Å². The lowest BCUT2D eigenvalue weighted by atomic mass is 9.89. The molecule has 22 heavy (non-hydrogen) atoms. The summed E-state index contributed by atoms with van der Waals surface area (Å²) < 4.78 is 16.4. The van der Waals surface area contributed by atoms with Gasteiger partial charge in [0.2, 0.25) is 0 Å². The van der Waals surface area contributed by atoms with E-state index < -0.39 is 0 Å². The van der Waals surface area contributed by atoms with Crippen LogP contribution in [-0.4, -0.2) is 50.3 Å². The monoisotopic (exact) mass is 305 g/mol. The highest BCUT2D eigenvalue weighted by molar-refractivity contribution is 5.95. The molecule has 5 heteroatoms. The number of carbonyl (C=O) groups is 1. The fourth-order valence-corrected chi connectivity index (χ4v) is 3.48. The maximum Gasteiger partial charge on any atom is 0.254 e. The van der Waals surface area contributed by atoms with E-state index in [1.807, 2.05) is 4.90 Å². The zero-order chi connectivity index (χ0) is 15.5. The summed E-state index contributed by atoms with van der Waals surface area (Å²) >= 11 is 0. The number of amides is 1. The summed E-state index contributed by atoms with van der Waals surface area (Å²) in [5.41, 5.74) is 0.642. The van der Waals surface area contributed by atoms with E-state index in [9.17, 15) is 4.79 Å². The van der Waals surface area contributed by atoms with Crippen LogP contribution in [0.4, 0.5) is 0 Å². The molecule has 0 aromatic heterocycles. The maximum absolute atomic E-state index is 12.9. The van der Waals surface area contributed by atoms with Gasteiger partial charge in [-0.05, 0) is 31.0 Å². The van der Waals surface area contributed by atoms with Gasteiger partial charge >= 0.3 is 0 Å². The Balaban J connectivity index is 1.83. The van der Waals surface area contributed by atoms with E-state index >= 15 is 0 Å². The number of hydrogen-bond donors (Lipinski definition) is 0. The third-order valence-corrected chi connectivity index (χ3v) is 4.62. The molecule has 1 aliphatic carbocycles. The molecule has 0 radical (unpaired) electrons. The molecular formula is C17H23NO4. The van der Waals surface area contributed by atoms with Gasteiger partial charge in [0.15, 0.2) is 11.5 Å². The van der Waals surface area contributed by atoms with Crippen molar-refractivity contribution in [1.82, 2.24) is 4.90 Å². The Hall–Kier alpha value is -1.75. The molecule has 1 aromatic carbocycles. The first-order valence-corrected chi connectivity index (χ1v) is 7.89. The van der Waals surface area contributed by atoms with Crippen LogP contribution in [0.25, 0.3) is 0 Å². The molecule has 2 fully saturated rings. The SMILES string of the molecule is COc1ccc(C(=O)N2CCO[C@@H]3CCCC[C@H]32)cc1OC. The van der Waals surface area contributed by atoms with Crippen molar-refractivity contribution < 1.29 is 19.0 Å². The Morgan fingerprint density at radius 3 is 2.73 bits per heavy atom. The normalized spacial score (nSPS) is 24.5. The molecular weight excluding hydrogens is 282 g/mol. The number of nitrogens with zero attached hydrogens (tertiary/aromatic N) is 1. The van der Waals surface area contributed by atoms with E-state index in [0.29, 0.717) is 30.2 Å². The minimum absolute atomic E-state index is 0.0566. The van der Waals surface area contributed by atoms with Crippen molar-refractivity contribution in [3.63, 3.8) is 0 Å². The number of rotatable bonds is 3. The van der Waals surface area contributed by atoms with Crippen LogP contribution < -0.4 is 9.47 Å². The Bertz CT molecular complexity index is 543. The molecule has 1 aliphatic heterocycles. The van der Waals surface area contributed by atoms with Gasteiger partial charge in [0.05, 0.1) is 33.0 Å². The standard InChI is InChI=1S/C17H23NO4/c1-20-15-8-7-12(11-16(15)21-2)17(19)18-9-10-22-14-6-4-3-5-13(14)18/h7-8,11,13-14H,3-6,9-10H2,1-2H3/t13-,14-/m1/s1. The lowest BCUT2D eigenvalue weighted by molar-refractivity contribution is -0.0752. The average molecular weight is 305 g/mol.